The van der Waals surface area contributed by atoms with Crippen LogP contribution in [0.25, 0.3) is 0 Å². The molecule has 0 aliphatic rings. The van der Waals surface area contributed by atoms with E-state index in [4.69, 9.17) is 13.8 Å². The summed E-state index contributed by atoms with van der Waals surface area (Å²) < 4.78 is 26.9. The molecular weight excluding hydrogens is 774 g/mol. The summed E-state index contributed by atoms with van der Waals surface area (Å²) in [5.74, 6) is -0.541. The van der Waals surface area contributed by atoms with Crippen LogP contribution in [0.1, 0.15) is 200 Å². The Morgan fingerprint density at radius 3 is 1.43 bits per heavy atom. The smallest absolute Gasteiger partial charge is 0.463 e. The van der Waals surface area contributed by atoms with Crippen LogP contribution in [0.5, 0.6) is 0 Å². The van der Waals surface area contributed by atoms with E-state index in [1.807, 2.05) is 0 Å². The number of hydrogen-bond acceptors (Lipinski definition) is 7. The van der Waals surface area contributed by atoms with Crippen LogP contribution in [-0.4, -0.2) is 54.3 Å². The molecule has 2 atom stereocenters. The van der Waals surface area contributed by atoms with Crippen molar-refractivity contribution in [2.75, 3.05) is 26.4 Å². The van der Waals surface area contributed by atoms with E-state index in [9.17, 15) is 24.2 Å². The molecule has 0 spiro atoms. The van der Waals surface area contributed by atoms with Crippen molar-refractivity contribution in [2.45, 2.75) is 206 Å². The number of aliphatic hydroxyl groups is 1. The number of hydrogen-bond donors (Lipinski definition) is 3. The Morgan fingerprint density at radius 1 is 0.533 bits per heavy atom. The molecule has 0 aromatic rings. The summed E-state index contributed by atoms with van der Waals surface area (Å²) >= 11 is 0. The van der Waals surface area contributed by atoms with E-state index < -0.39 is 26.5 Å². The van der Waals surface area contributed by atoms with Crippen LogP contribution in [-0.2, 0) is 27.9 Å². The van der Waals surface area contributed by atoms with Crippen LogP contribution in [0.2, 0.25) is 0 Å². The summed E-state index contributed by atoms with van der Waals surface area (Å²) in [5.41, 5.74) is 0. The topological polar surface area (TPSA) is 131 Å². The fourth-order valence-corrected chi connectivity index (χ4v) is 7.08. The molecule has 0 fully saturated rings. The van der Waals surface area contributed by atoms with Crippen molar-refractivity contribution in [2.24, 2.45) is 0 Å². The summed E-state index contributed by atoms with van der Waals surface area (Å²) in [7, 11) is -4.43. The molecule has 0 saturated heterocycles. The molecule has 2 unspecified atom stereocenters. The quantitative estimate of drug-likeness (QED) is 0.0239. The number of carbonyl (C=O) groups excluding carboxylic acids is 2. The third-order valence-corrected chi connectivity index (χ3v) is 10.9. The molecule has 0 radical (unpaired) electrons. The maximum atomic E-state index is 12.1. The van der Waals surface area contributed by atoms with E-state index in [2.05, 4.69) is 92.1 Å². The predicted molar refractivity (Wildman–Crippen MR) is 252 cm³/mol. The lowest BCUT2D eigenvalue weighted by molar-refractivity contribution is -0.147. The molecule has 0 aliphatic carbocycles. The Morgan fingerprint density at radius 2 is 0.950 bits per heavy atom. The van der Waals surface area contributed by atoms with Gasteiger partial charge in [0.2, 0.25) is 5.91 Å². The number of aliphatic hydroxyl groups excluding tert-OH is 1. The Kier molecular flexibility index (Phi) is 44.0. The van der Waals surface area contributed by atoms with Crippen LogP contribution in [0, 0.1) is 0 Å². The van der Waals surface area contributed by atoms with Crippen LogP contribution in [0.15, 0.2) is 72.9 Å². The fourth-order valence-electron chi connectivity index (χ4n) is 6.33. The number of nitrogens with one attached hydrogen (secondary N) is 1. The number of phosphoric ester groups is 1. The lowest BCUT2D eigenvalue weighted by atomic mass is 10.0. The summed E-state index contributed by atoms with van der Waals surface area (Å²) in [6.07, 6.45) is 56.9. The van der Waals surface area contributed by atoms with Gasteiger partial charge in [0.1, 0.15) is 12.7 Å². The zero-order chi connectivity index (χ0) is 43.9. The molecule has 9 nitrogen and oxygen atoms in total. The van der Waals surface area contributed by atoms with Gasteiger partial charge in [-0.25, -0.2) is 4.57 Å². The molecule has 346 valence electrons. The van der Waals surface area contributed by atoms with Crippen LogP contribution < -0.4 is 5.32 Å². The highest BCUT2D eigenvalue weighted by molar-refractivity contribution is 7.47. The maximum Gasteiger partial charge on any atom is 0.472 e. The lowest BCUT2D eigenvalue weighted by Crippen LogP contribution is -2.27. The summed E-state index contributed by atoms with van der Waals surface area (Å²) in [4.78, 5) is 34.0. The van der Waals surface area contributed by atoms with Crippen molar-refractivity contribution in [1.82, 2.24) is 5.32 Å². The number of esters is 1. The second kappa shape index (κ2) is 46.0. The molecule has 60 heavy (non-hydrogen) atoms. The Balaban J connectivity index is 3.64. The molecule has 0 saturated carbocycles. The minimum absolute atomic E-state index is 0.0644. The van der Waals surface area contributed by atoms with Crippen molar-refractivity contribution in [3.63, 3.8) is 0 Å². The van der Waals surface area contributed by atoms with E-state index in [0.717, 1.165) is 89.9 Å². The minimum atomic E-state index is -4.43. The number of carbonyl (C=O) groups is 2. The summed E-state index contributed by atoms with van der Waals surface area (Å²) in [6.45, 7) is 3.42. The molecular formula is C50H88NO8P. The lowest BCUT2D eigenvalue weighted by Gasteiger charge is -2.15. The number of amides is 1. The summed E-state index contributed by atoms with van der Waals surface area (Å²) in [5, 5.41) is 12.7. The van der Waals surface area contributed by atoms with Gasteiger partial charge in [0.15, 0.2) is 0 Å². The van der Waals surface area contributed by atoms with Crippen molar-refractivity contribution < 1.29 is 37.9 Å². The highest BCUT2D eigenvalue weighted by Crippen LogP contribution is 2.42. The molecule has 10 heteroatoms. The fraction of sp³-hybridized carbons (Fsp3) is 0.720. The number of unbranched alkanes of at least 4 members (excludes halogenated alkanes) is 19. The second-order valence-corrected chi connectivity index (χ2v) is 17.2. The Labute approximate surface area is 367 Å². The Hall–Kier alpha value is -2.55. The van der Waals surface area contributed by atoms with Gasteiger partial charge in [-0.1, -0.05) is 196 Å². The standard InChI is InChI=1S/C50H88NO8P/c1-3-5-7-9-11-13-15-17-19-21-22-23-24-25-26-27-28-30-32-34-36-38-40-42-49(53)51-44-45-58-60(55,56)59-47-48(52)46-57-50(54)43-41-39-37-35-33-31-29-20-18-16-14-12-10-8-6-4-2/h5,7,11,13,17,19,22-23,25-26,28,30,48,52H,3-4,6,8-10,12,14-16,18,20-21,24,27,29,31-47H2,1-2H3,(H,51,53)(H,55,56)/b7-5-,13-11-,19-17-,23-22-,26-25-,30-28-. The van der Waals surface area contributed by atoms with Gasteiger partial charge >= 0.3 is 13.8 Å². The summed E-state index contributed by atoms with van der Waals surface area (Å²) in [6, 6.07) is 0. The first-order valence-electron chi connectivity index (χ1n) is 23.9. The zero-order valence-corrected chi connectivity index (χ0v) is 39.0. The van der Waals surface area contributed by atoms with Crippen LogP contribution in [0.4, 0.5) is 0 Å². The monoisotopic (exact) mass is 862 g/mol. The van der Waals surface area contributed by atoms with E-state index >= 15 is 0 Å². The van der Waals surface area contributed by atoms with Gasteiger partial charge < -0.3 is 20.1 Å². The van der Waals surface area contributed by atoms with Gasteiger partial charge in [-0.2, -0.15) is 0 Å². The average molecular weight is 862 g/mol. The second-order valence-electron chi connectivity index (χ2n) is 15.7. The van der Waals surface area contributed by atoms with E-state index in [1.165, 1.54) is 83.5 Å². The van der Waals surface area contributed by atoms with Crippen molar-refractivity contribution in [1.29, 1.82) is 0 Å². The van der Waals surface area contributed by atoms with E-state index in [-0.39, 0.29) is 32.1 Å². The molecule has 0 aromatic carbocycles. The first-order valence-corrected chi connectivity index (χ1v) is 25.4. The molecule has 0 rings (SSSR count). The molecule has 0 heterocycles. The van der Waals surface area contributed by atoms with Crippen LogP contribution in [0.3, 0.4) is 0 Å². The Bertz CT molecular complexity index is 1210. The van der Waals surface area contributed by atoms with Gasteiger partial charge in [-0.05, 0) is 64.2 Å². The maximum absolute atomic E-state index is 12.1. The number of ether oxygens (including phenoxy) is 1. The minimum Gasteiger partial charge on any atom is -0.463 e. The van der Waals surface area contributed by atoms with Gasteiger partial charge in [0.05, 0.1) is 13.2 Å². The average Bonchev–Trinajstić information content (AvgIpc) is 3.23. The van der Waals surface area contributed by atoms with Gasteiger partial charge in [0, 0.05) is 19.4 Å². The van der Waals surface area contributed by atoms with E-state index in [1.54, 1.807) is 0 Å². The SMILES string of the molecule is CC/C=C\C/C=C\C/C=C\C/C=C\C/C=C\C/C=C\CCCCCCC(=O)NCCOP(=O)(O)OCC(O)COC(=O)CCCCCCCCCCCCCCCCCC. The molecule has 0 bridgehead atoms. The first kappa shape index (κ1) is 57.4. The largest absolute Gasteiger partial charge is 0.472 e. The normalized spacial score (nSPS) is 13.9. The van der Waals surface area contributed by atoms with Gasteiger partial charge in [-0.3, -0.25) is 18.6 Å². The zero-order valence-electron chi connectivity index (χ0n) is 38.1. The molecule has 0 aliphatic heterocycles. The van der Waals surface area contributed by atoms with Gasteiger partial charge in [-0.15, -0.1) is 0 Å². The first-order chi connectivity index (χ1) is 29.3. The number of phosphoric acid groups is 1. The predicted octanol–water partition coefficient (Wildman–Crippen LogP) is 13.8. The third kappa shape index (κ3) is 46.5. The van der Waals surface area contributed by atoms with Crippen molar-refractivity contribution >= 4 is 19.7 Å². The highest BCUT2D eigenvalue weighted by Gasteiger charge is 2.23. The third-order valence-electron chi connectivity index (χ3n) is 9.90. The van der Waals surface area contributed by atoms with Crippen molar-refractivity contribution in [3.05, 3.63) is 72.9 Å². The number of allylic oxidation sites excluding steroid dienone is 12. The van der Waals surface area contributed by atoms with Crippen LogP contribution >= 0.6 is 7.82 Å². The van der Waals surface area contributed by atoms with E-state index in [0.29, 0.717) is 6.42 Å². The molecule has 1 amide bonds. The highest BCUT2D eigenvalue weighted by atomic mass is 31.2. The van der Waals surface area contributed by atoms with Crippen molar-refractivity contribution in [3.8, 4) is 0 Å². The molecule has 0 aromatic heterocycles. The molecule has 3 N–H and O–H groups in total. The number of rotatable bonds is 44. The van der Waals surface area contributed by atoms with Gasteiger partial charge in [0.25, 0.3) is 0 Å².